The number of fused-ring (bicyclic) bond motifs is 1. The van der Waals surface area contributed by atoms with Crippen LogP contribution in [-0.2, 0) is 4.74 Å². The van der Waals surface area contributed by atoms with Gasteiger partial charge in [0.15, 0.2) is 0 Å². The molecule has 1 saturated heterocycles. The molecule has 1 aliphatic rings. The number of hydrogen-bond donors (Lipinski definition) is 2. The van der Waals surface area contributed by atoms with Crippen molar-refractivity contribution >= 4 is 51.6 Å². The molecule has 0 amide bonds. The van der Waals surface area contributed by atoms with E-state index >= 15 is 0 Å². The number of anilines is 5. The zero-order valence-electron chi connectivity index (χ0n) is 16.9. The fourth-order valence-electron chi connectivity index (χ4n) is 3.58. The van der Waals surface area contributed by atoms with Crippen molar-refractivity contribution in [2.24, 2.45) is 0 Å². The highest BCUT2D eigenvalue weighted by Gasteiger charge is 2.15. The molecule has 0 spiro atoms. The molecular formula is C21H21ClN8O. The van der Waals surface area contributed by atoms with Crippen molar-refractivity contribution in [3.8, 4) is 0 Å². The molecule has 3 aromatic heterocycles. The standard InChI is InChI=1S/C21H21ClN8O/c1-29(17-4-2-3-16-15(17)13-24-28-16)19-5-6-23-21(27-19)26-18-11-14(22)12-20(25-18)30-7-9-31-10-8-30/h2-6,11-13H,7-10H2,1H3,(H,24,28)(H,23,25,26,27). The van der Waals surface area contributed by atoms with Gasteiger partial charge >= 0.3 is 0 Å². The van der Waals surface area contributed by atoms with Gasteiger partial charge in [-0.2, -0.15) is 10.1 Å². The summed E-state index contributed by atoms with van der Waals surface area (Å²) < 4.78 is 5.42. The van der Waals surface area contributed by atoms with E-state index in [2.05, 4.69) is 35.4 Å². The largest absolute Gasteiger partial charge is 0.378 e. The van der Waals surface area contributed by atoms with Crippen LogP contribution in [0.2, 0.25) is 5.02 Å². The van der Waals surface area contributed by atoms with Gasteiger partial charge in [0.05, 0.1) is 30.6 Å². The molecule has 9 nitrogen and oxygen atoms in total. The Bertz CT molecular complexity index is 1210. The van der Waals surface area contributed by atoms with Crippen LogP contribution < -0.4 is 15.1 Å². The third-order valence-corrected chi connectivity index (χ3v) is 5.38. The molecular weight excluding hydrogens is 416 g/mol. The smallest absolute Gasteiger partial charge is 0.230 e. The summed E-state index contributed by atoms with van der Waals surface area (Å²) in [5.74, 6) is 2.57. The van der Waals surface area contributed by atoms with Crippen LogP contribution in [0.4, 0.5) is 29.1 Å². The number of rotatable bonds is 5. The zero-order valence-corrected chi connectivity index (χ0v) is 17.7. The summed E-state index contributed by atoms with van der Waals surface area (Å²) >= 11 is 6.35. The lowest BCUT2D eigenvalue weighted by atomic mass is 10.2. The molecule has 31 heavy (non-hydrogen) atoms. The lowest BCUT2D eigenvalue weighted by Gasteiger charge is -2.28. The molecule has 158 valence electrons. The van der Waals surface area contributed by atoms with Crippen molar-refractivity contribution in [1.29, 1.82) is 0 Å². The van der Waals surface area contributed by atoms with E-state index in [4.69, 9.17) is 16.3 Å². The molecule has 0 atom stereocenters. The molecule has 0 unspecified atom stereocenters. The number of ether oxygens (including phenoxy) is 1. The van der Waals surface area contributed by atoms with E-state index in [1.807, 2.05) is 48.5 Å². The Hall–Kier alpha value is -3.43. The number of halogens is 1. The summed E-state index contributed by atoms with van der Waals surface area (Å²) in [7, 11) is 1.96. The highest BCUT2D eigenvalue weighted by atomic mass is 35.5. The Morgan fingerprint density at radius 1 is 1.16 bits per heavy atom. The number of H-pyrrole nitrogens is 1. The van der Waals surface area contributed by atoms with Gasteiger partial charge in [-0.15, -0.1) is 0 Å². The predicted molar refractivity (Wildman–Crippen MR) is 122 cm³/mol. The summed E-state index contributed by atoms with van der Waals surface area (Å²) in [4.78, 5) is 17.8. The van der Waals surface area contributed by atoms with Gasteiger partial charge in [0.2, 0.25) is 5.95 Å². The second-order valence-corrected chi connectivity index (χ2v) is 7.60. The number of morpholine rings is 1. The maximum absolute atomic E-state index is 6.35. The van der Waals surface area contributed by atoms with Gasteiger partial charge in [-0.05, 0) is 30.3 Å². The van der Waals surface area contributed by atoms with E-state index in [-0.39, 0.29) is 0 Å². The summed E-state index contributed by atoms with van der Waals surface area (Å²) in [6, 6.07) is 11.5. The van der Waals surface area contributed by atoms with E-state index in [9.17, 15) is 0 Å². The topological polar surface area (TPSA) is 95.1 Å². The Kier molecular flexibility index (Phi) is 5.27. The summed E-state index contributed by atoms with van der Waals surface area (Å²) in [5, 5.41) is 11.9. The average molecular weight is 437 g/mol. The van der Waals surface area contributed by atoms with Crippen molar-refractivity contribution in [2.45, 2.75) is 0 Å². The molecule has 0 saturated carbocycles. The minimum Gasteiger partial charge on any atom is -0.378 e. The fraction of sp³-hybridized carbons (Fsp3) is 0.238. The average Bonchev–Trinajstić information content (AvgIpc) is 3.28. The number of aromatic nitrogens is 5. The molecule has 1 aliphatic heterocycles. The van der Waals surface area contributed by atoms with Gasteiger partial charge < -0.3 is 19.9 Å². The Morgan fingerprint density at radius 3 is 2.90 bits per heavy atom. The normalized spacial score (nSPS) is 14.1. The number of hydrogen-bond acceptors (Lipinski definition) is 8. The number of pyridine rings is 1. The first-order valence-electron chi connectivity index (χ1n) is 9.93. The molecule has 1 aromatic carbocycles. The van der Waals surface area contributed by atoms with Crippen LogP contribution in [0, 0.1) is 0 Å². The molecule has 1 fully saturated rings. The van der Waals surface area contributed by atoms with Crippen LogP contribution in [0.25, 0.3) is 10.9 Å². The highest BCUT2D eigenvalue weighted by Crippen LogP contribution is 2.30. The van der Waals surface area contributed by atoms with Crippen molar-refractivity contribution in [1.82, 2.24) is 25.1 Å². The first-order valence-corrected chi connectivity index (χ1v) is 10.3. The molecule has 5 rings (SSSR count). The monoisotopic (exact) mass is 436 g/mol. The number of aromatic amines is 1. The highest BCUT2D eigenvalue weighted by molar-refractivity contribution is 6.31. The number of nitrogens with one attached hydrogen (secondary N) is 2. The van der Waals surface area contributed by atoms with E-state index in [0.717, 1.165) is 41.3 Å². The predicted octanol–water partition coefficient (Wildman–Crippen LogP) is 3.75. The molecule has 0 bridgehead atoms. The Labute approximate surface area is 184 Å². The lowest BCUT2D eigenvalue weighted by molar-refractivity contribution is 0.122. The van der Waals surface area contributed by atoms with Gasteiger partial charge in [0.1, 0.15) is 17.5 Å². The van der Waals surface area contributed by atoms with Crippen LogP contribution >= 0.6 is 11.6 Å². The van der Waals surface area contributed by atoms with Crippen molar-refractivity contribution < 1.29 is 4.74 Å². The summed E-state index contributed by atoms with van der Waals surface area (Å²) in [6.45, 7) is 2.92. The van der Waals surface area contributed by atoms with Crippen molar-refractivity contribution in [3.63, 3.8) is 0 Å². The lowest BCUT2D eigenvalue weighted by Crippen LogP contribution is -2.36. The van der Waals surface area contributed by atoms with Gasteiger partial charge in [0.25, 0.3) is 0 Å². The minimum absolute atomic E-state index is 0.436. The van der Waals surface area contributed by atoms with Gasteiger partial charge in [-0.3, -0.25) is 5.10 Å². The Balaban J connectivity index is 1.41. The van der Waals surface area contributed by atoms with Crippen LogP contribution in [0.15, 0.2) is 48.8 Å². The van der Waals surface area contributed by atoms with Gasteiger partial charge in [0, 0.05) is 36.7 Å². The maximum Gasteiger partial charge on any atom is 0.230 e. The molecule has 0 radical (unpaired) electrons. The van der Waals surface area contributed by atoms with Crippen LogP contribution in [0.5, 0.6) is 0 Å². The molecule has 2 N–H and O–H groups in total. The first-order chi connectivity index (χ1) is 15.2. The number of nitrogens with zero attached hydrogens (tertiary/aromatic N) is 6. The molecule has 0 aliphatic carbocycles. The van der Waals surface area contributed by atoms with E-state index in [1.165, 1.54) is 0 Å². The third-order valence-electron chi connectivity index (χ3n) is 5.16. The van der Waals surface area contributed by atoms with Crippen molar-refractivity contribution in [3.05, 3.63) is 53.8 Å². The van der Waals surface area contributed by atoms with Crippen LogP contribution in [0.1, 0.15) is 0 Å². The molecule has 10 heteroatoms. The van der Waals surface area contributed by atoms with E-state index in [0.29, 0.717) is 30.0 Å². The van der Waals surface area contributed by atoms with Crippen molar-refractivity contribution in [2.75, 3.05) is 48.5 Å². The Morgan fingerprint density at radius 2 is 2.03 bits per heavy atom. The SMILES string of the molecule is CN(c1ccnc(Nc2cc(Cl)cc(N3CCOCC3)n2)n1)c1cccc2[nH]ncc12. The second kappa shape index (κ2) is 8.37. The summed E-state index contributed by atoms with van der Waals surface area (Å²) in [5.41, 5.74) is 1.96. The van der Waals surface area contributed by atoms with Crippen LogP contribution in [-0.4, -0.2) is 58.5 Å². The molecule has 4 aromatic rings. The first kappa shape index (κ1) is 19.5. The fourth-order valence-corrected chi connectivity index (χ4v) is 3.78. The van der Waals surface area contributed by atoms with E-state index in [1.54, 1.807) is 12.3 Å². The second-order valence-electron chi connectivity index (χ2n) is 7.16. The van der Waals surface area contributed by atoms with Crippen LogP contribution in [0.3, 0.4) is 0 Å². The quantitative estimate of drug-likeness (QED) is 0.488. The number of benzene rings is 1. The maximum atomic E-state index is 6.35. The molecule has 4 heterocycles. The minimum atomic E-state index is 0.436. The zero-order chi connectivity index (χ0) is 21.2. The van der Waals surface area contributed by atoms with E-state index < -0.39 is 0 Å². The third kappa shape index (κ3) is 4.10. The van der Waals surface area contributed by atoms with Gasteiger partial charge in [-0.1, -0.05) is 17.7 Å². The van der Waals surface area contributed by atoms with Gasteiger partial charge in [-0.25, -0.2) is 9.97 Å². The summed E-state index contributed by atoms with van der Waals surface area (Å²) in [6.07, 6.45) is 3.52.